The normalized spacial score (nSPS) is 22.3. The SMILES string of the molecule is O[C@@H]1C[C@H](O)[C@@H](COC(c2ccccc2)(c2ccccc2)c2ccccc2)O1. The lowest BCUT2D eigenvalue weighted by Crippen LogP contribution is -2.38. The first-order chi connectivity index (χ1) is 13.7. The van der Waals surface area contributed by atoms with E-state index in [0.717, 1.165) is 16.7 Å². The first-order valence-electron chi connectivity index (χ1n) is 9.52. The van der Waals surface area contributed by atoms with E-state index in [4.69, 9.17) is 9.47 Å². The molecular formula is C24H24O4. The third-order valence-electron chi connectivity index (χ3n) is 5.21. The van der Waals surface area contributed by atoms with Crippen LogP contribution in [0.5, 0.6) is 0 Å². The van der Waals surface area contributed by atoms with E-state index < -0.39 is 24.1 Å². The Labute approximate surface area is 165 Å². The van der Waals surface area contributed by atoms with Crippen LogP contribution < -0.4 is 0 Å². The van der Waals surface area contributed by atoms with Crippen molar-refractivity contribution in [1.29, 1.82) is 0 Å². The van der Waals surface area contributed by atoms with Crippen LogP contribution in [-0.2, 0) is 15.1 Å². The zero-order chi connectivity index (χ0) is 19.4. The Bertz CT molecular complexity index is 770. The molecule has 1 heterocycles. The molecule has 3 aromatic rings. The van der Waals surface area contributed by atoms with Crippen molar-refractivity contribution in [2.24, 2.45) is 0 Å². The van der Waals surface area contributed by atoms with Gasteiger partial charge in [0.25, 0.3) is 0 Å². The van der Waals surface area contributed by atoms with Crippen molar-refractivity contribution in [2.75, 3.05) is 6.61 Å². The molecule has 4 heteroatoms. The van der Waals surface area contributed by atoms with Crippen LogP contribution in [-0.4, -0.2) is 35.3 Å². The molecule has 2 N–H and O–H groups in total. The fourth-order valence-electron chi connectivity index (χ4n) is 3.83. The molecule has 0 spiro atoms. The molecule has 0 radical (unpaired) electrons. The summed E-state index contributed by atoms with van der Waals surface area (Å²) in [6.45, 7) is 0.150. The van der Waals surface area contributed by atoms with E-state index in [1.54, 1.807) is 0 Å². The van der Waals surface area contributed by atoms with E-state index in [1.165, 1.54) is 0 Å². The third-order valence-corrected chi connectivity index (χ3v) is 5.21. The average molecular weight is 376 g/mol. The van der Waals surface area contributed by atoms with Gasteiger partial charge in [-0.25, -0.2) is 0 Å². The summed E-state index contributed by atoms with van der Waals surface area (Å²) >= 11 is 0. The van der Waals surface area contributed by atoms with Gasteiger partial charge in [-0.2, -0.15) is 0 Å². The Morgan fingerprint density at radius 2 is 1.18 bits per heavy atom. The van der Waals surface area contributed by atoms with Crippen LogP contribution >= 0.6 is 0 Å². The maximum absolute atomic E-state index is 10.2. The van der Waals surface area contributed by atoms with Crippen molar-refractivity contribution in [3.05, 3.63) is 108 Å². The summed E-state index contributed by atoms with van der Waals surface area (Å²) in [5.41, 5.74) is 2.10. The fraction of sp³-hybridized carbons (Fsp3) is 0.250. The Balaban J connectivity index is 1.81. The van der Waals surface area contributed by atoms with Gasteiger partial charge in [0.1, 0.15) is 11.7 Å². The van der Waals surface area contributed by atoms with Gasteiger partial charge >= 0.3 is 0 Å². The van der Waals surface area contributed by atoms with Gasteiger partial charge in [-0.05, 0) is 16.7 Å². The van der Waals surface area contributed by atoms with Gasteiger partial charge in [-0.1, -0.05) is 91.0 Å². The first-order valence-corrected chi connectivity index (χ1v) is 9.52. The molecule has 0 unspecified atom stereocenters. The van der Waals surface area contributed by atoms with Gasteiger partial charge in [-0.15, -0.1) is 0 Å². The van der Waals surface area contributed by atoms with Gasteiger partial charge < -0.3 is 19.7 Å². The lowest BCUT2D eigenvalue weighted by atomic mass is 9.80. The predicted octanol–water partition coefficient (Wildman–Crippen LogP) is 3.46. The number of aliphatic hydroxyl groups is 2. The van der Waals surface area contributed by atoms with Crippen molar-refractivity contribution in [3.8, 4) is 0 Å². The second kappa shape index (κ2) is 8.25. The molecule has 3 atom stereocenters. The van der Waals surface area contributed by atoms with Gasteiger partial charge in [0.15, 0.2) is 6.29 Å². The summed E-state index contributed by atoms with van der Waals surface area (Å²) < 4.78 is 12.1. The van der Waals surface area contributed by atoms with Crippen molar-refractivity contribution < 1.29 is 19.7 Å². The molecule has 0 aliphatic carbocycles. The van der Waals surface area contributed by atoms with Crippen molar-refractivity contribution >= 4 is 0 Å². The maximum Gasteiger partial charge on any atom is 0.157 e. The molecule has 4 nitrogen and oxygen atoms in total. The number of benzene rings is 3. The van der Waals surface area contributed by atoms with E-state index >= 15 is 0 Å². The number of rotatable bonds is 6. The molecular weight excluding hydrogens is 352 g/mol. The Hall–Kier alpha value is -2.50. The van der Waals surface area contributed by atoms with Crippen LogP contribution in [0.2, 0.25) is 0 Å². The Kier molecular flexibility index (Phi) is 5.55. The summed E-state index contributed by atoms with van der Waals surface area (Å²) in [7, 11) is 0. The molecule has 4 rings (SSSR count). The zero-order valence-corrected chi connectivity index (χ0v) is 15.5. The van der Waals surface area contributed by atoms with Crippen molar-refractivity contribution in [3.63, 3.8) is 0 Å². The number of aliphatic hydroxyl groups excluding tert-OH is 2. The predicted molar refractivity (Wildman–Crippen MR) is 107 cm³/mol. The molecule has 28 heavy (non-hydrogen) atoms. The van der Waals surface area contributed by atoms with Gasteiger partial charge in [0.05, 0.1) is 12.7 Å². The van der Waals surface area contributed by atoms with Crippen molar-refractivity contribution in [2.45, 2.75) is 30.5 Å². The van der Waals surface area contributed by atoms with Crippen molar-refractivity contribution in [1.82, 2.24) is 0 Å². The van der Waals surface area contributed by atoms with Crippen LogP contribution in [0.1, 0.15) is 23.1 Å². The minimum absolute atomic E-state index is 0.150. The minimum atomic E-state index is -0.955. The van der Waals surface area contributed by atoms with Crippen LogP contribution in [0.25, 0.3) is 0 Å². The highest BCUT2D eigenvalue weighted by molar-refractivity contribution is 5.47. The molecule has 0 amide bonds. The average Bonchev–Trinajstić information content (AvgIpc) is 3.08. The molecule has 1 saturated heterocycles. The molecule has 3 aromatic carbocycles. The highest BCUT2D eigenvalue weighted by atomic mass is 16.6. The topological polar surface area (TPSA) is 58.9 Å². The Morgan fingerprint density at radius 1 is 0.750 bits per heavy atom. The van der Waals surface area contributed by atoms with Crippen LogP contribution in [0, 0.1) is 0 Å². The molecule has 1 aliphatic rings. The number of ether oxygens (including phenoxy) is 2. The number of hydrogen-bond acceptors (Lipinski definition) is 4. The molecule has 0 aromatic heterocycles. The largest absolute Gasteiger partial charge is 0.390 e. The van der Waals surface area contributed by atoms with Crippen LogP contribution in [0.4, 0.5) is 0 Å². The summed E-state index contributed by atoms with van der Waals surface area (Å²) in [4.78, 5) is 0. The number of hydrogen-bond donors (Lipinski definition) is 2. The van der Waals surface area contributed by atoms with Gasteiger partial charge in [0, 0.05) is 6.42 Å². The fourth-order valence-corrected chi connectivity index (χ4v) is 3.83. The van der Waals surface area contributed by atoms with Gasteiger partial charge in [-0.3, -0.25) is 0 Å². The second-order valence-electron chi connectivity index (χ2n) is 7.02. The standard InChI is InChI=1S/C24H24O4/c25-21-16-23(26)28-22(21)17-27-24(18-10-4-1-5-11-18,19-12-6-2-7-13-19)20-14-8-3-9-15-20/h1-15,21-23,25-26H,16-17H2/t21-,22+,23-/m0/s1. The smallest absolute Gasteiger partial charge is 0.157 e. The van der Waals surface area contributed by atoms with E-state index in [9.17, 15) is 10.2 Å². The second-order valence-corrected chi connectivity index (χ2v) is 7.02. The Morgan fingerprint density at radius 3 is 1.54 bits per heavy atom. The van der Waals surface area contributed by atoms with E-state index in [-0.39, 0.29) is 13.0 Å². The quantitative estimate of drug-likeness (QED) is 0.647. The van der Waals surface area contributed by atoms with E-state index in [1.807, 2.05) is 91.0 Å². The lowest BCUT2D eigenvalue weighted by molar-refractivity contribution is -0.130. The first kappa shape index (κ1) is 18.8. The van der Waals surface area contributed by atoms with E-state index in [0.29, 0.717) is 0 Å². The summed E-state index contributed by atoms with van der Waals surface area (Å²) in [6.07, 6.45) is -2.09. The molecule has 0 bridgehead atoms. The minimum Gasteiger partial charge on any atom is -0.390 e. The molecule has 0 saturated carbocycles. The highest BCUT2D eigenvalue weighted by Gasteiger charge is 2.40. The summed E-state index contributed by atoms with van der Waals surface area (Å²) in [5.74, 6) is 0. The maximum atomic E-state index is 10.2. The summed E-state index contributed by atoms with van der Waals surface area (Å²) in [5, 5.41) is 19.9. The summed E-state index contributed by atoms with van der Waals surface area (Å²) in [6, 6.07) is 30.1. The highest BCUT2D eigenvalue weighted by Crippen LogP contribution is 2.41. The van der Waals surface area contributed by atoms with Gasteiger partial charge in [0.2, 0.25) is 0 Å². The van der Waals surface area contributed by atoms with Crippen LogP contribution in [0.3, 0.4) is 0 Å². The third kappa shape index (κ3) is 3.60. The lowest BCUT2D eigenvalue weighted by Gasteiger charge is -2.37. The zero-order valence-electron chi connectivity index (χ0n) is 15.5. The monoisotopic (exact) mass is 376 g/mol. The molecule has 144 valence electrons. The molecule has 1 aliphatic heterocycles. The molecule has 1 fully saturated rings. The van der Waals surface area contributed by atoms with E-state index in [2.05, 4.69) is 0 Å². The van der Waals surface area contributed by atoms with Crippen LogP contribution in [0.15, 0.2) is 91.0 Å².